The maximum Gasteiger partial charge on any atom is 0.262 e. The Morgan fingerprint density at radius 2 is 2.04 bits per heavy atom. The first-order valence-corrected chi connectivity index (χ1v) is 7.62. The summed E-state index contributed by atoms with van der Waals surface area (Å²) < 4.78 is 5.42. The molecule has 2 aromatic rings. The highest BCUT2D eigenvalue weighted by atomic mass is 16.5. The van der Waals surface area contributed by atoms with Crippen molar-refractivity contribution in [2.24, 2.45) is 5.10 Å². The monoisotopic (exact) mass is 307 g/mol. The lowest BCUT2D eigenvalue weighted by molar-refractivity contribution is -0.118. The fraction of sp³-hybridized carbons (Fsp3) is 0.222. The minimum Gasteiger partial charge on any atom is -0.482 e. The summed E-state index contributed by atoms with van der Waals surface area (Å²) >= 11 is 0. The van der Waals surface area contributed by atoms with E-state index in [9.17, 15) is 4.79 Å². The van der Waals surface area contributed by atoms with E-state index < -0.39 is 0 Å². The minimum absolute atomic E-state index is 0.0721. The summed E-state index contributed by atoms with van der Waals surface area (Å²) in [5.74, 6) is 0.802. The average molecular weight is 307 g/mol. The second-order valence-corrected chi connectivity index (χ2v) is 5.84. The van der Waals surface area contributed by atoms with Gasteiger partial charge in [-0.3, -0.25) is 9.80 Å². The van der Waals surface area contributed by atoms with Crippen molar-refractivity contribution in [3.05, 3.63) is 59.7 Å². The van der Waals surface area contributed by atoms with Crippen LogP contribution in [0, 0.1) is 0 Å². The van der Waals surface area contributed by atoms with Crippen molar-refractivity contribution in [2.45, 2.75) is 5.92 Å². The Kier molecular flexibility index (Phi) is 3.26. The molecule has 0 saturated carbocycles. The molecule has 1 amide bonds. The third-order valence-electron chi connectivity index (χ3n) is 4.17. The number of fused-ring (bicyclic) bond motifs is 1. The standard InChI is InChI=1S/C18H17N3O2/c1-21-10-14(12-5-3-2-4-6-12)18(20-21)13-7-8-16-15(9-13)19-17(22)11-23-16/h2-9,14H,10-11H2,1H3,(H,19,22). The van der Waals surface area contributed by atoms with Crippen LogP contribution in [0.1, 0.15) is 17.0 Å². The van der Waals surface area contributed by atoms with E-state index in [1.54, 1.807) is 0 Å². The third-order valence-corrected chi connectivity index (χ3v) is 4.17. The molecule has 23 heavy (non-hydrogen) atoms. The minimum atomic E-state index is -0.125. The van der Waals surface area contributed by atoms with E-state index in [0.29, 0.717) is 11.4 Å². The number of benzene rings is 2. The lowest BCUT2D eigenvalue weighted by Crippen LogP contribution is -2.25. The molecular formula is C18H17N3O2. The van der Waals surface area contributed by atoms with Crippen LogP contribution in [0.2, 0.25) is 0 Å². The maximum atomic E-state index is 11.5. The topological polar surface area (TPSA) is 53.9 Å². The summed E-state index contributed by atoms with van der Waals surface area (Å²) in [7, 11) is 1.98. The number of hydrogen-bond donors (Lipinski definition) is 1. The molecule has 1 atom stereocenters. The first-order chi connectivity index (χ1) is 11.2. The lowest BCUT2D eigenvalue weighted by Gasteiger charge is -2.19. The van der Waals surface area contributed by atoms with Gasteiger partial charge in [0.05, 0.1) is 11.4 Å². The highest BCUT2D eigenvalue weighted by Gasteiger charge is 2.28. The molecule has 5 nitrogen and oxygen atoms in total. The van der Waals surface area contributed by atoms with E-state index in [-0.39, 0.29) is 18.4 Å². The lowest BCUT2D eigenvalue weighted by atomic mass is 9.90. The normalized spacial score (nSPS) is 19.7. The van der Waals surface area contributed by atoms with E-state index in [0.717, 1.165) is 17.8 Å². The molecule has 2 heterocycles. The molecule has 0 spiro atoms. The van der Waals surface area contributed by atoms with Gasteiger partial charge in [-0.05, 0) is 23.8 Å². The fourth-order valence-electron chi connectivity index (χ4n) is 3.10. The van der Waals surface area contributed by atoms with Gasteiger partial charge in [-0.15, -0.1) is 0 Å². The Morgan fingerprint density at radius 3 is 2.87 bits per heavy atom. The van der Waals surface area contributed by atoms with Crippen molar-refractivity contribution >= 4 is 17.3 Å². The molecule has 2 aromatic carbocycles. The number of rotatable bonds is 2. The van der Waals surface area contributed by atoms with Crippen LogP contribution in [0.5, 0.6) is 5.75 Å². The van der Waals surface area contributed by atoms with Crippen molar-refractivity contribution < 1.29 is 9.53 Å². The van der Waals surface area contributed by atoms with Crippen LogP contribution in [0.15, 0.2) is 53.6 Å². The van der Waals surface area contributed by atoms with E-state index in [2.05, 4.69) is 22.6 Å². The summed E-state index contributed by atoms with van der Waals surface area (Å²) in [6.07, 6.45) is 0. The van der Waals surface area contributed by atoms with Crippen LogP contribution in [0.4, 0.5) is 5.69 Å². The van der Waals surface area contributed by atoms with Gasteiger partial charge in [0.15, 0.2) is 6.61 Å². The van der Waals surface area contributed by atoms with Gasteiger partial charge in [0, 0.05) is 25.1 Å². The molecule has 1 N–H and O–H groups in total. The first kappa shape index (κ1) is 13.8. The Labute approximate surface area is 134 Å². The SMILES string of the molecule is CN1CC(c2ccccc2)C(c2ccc3c(c2)NC(=O)CO3)=N1. The van der Waals surface area contributed by atoms with Crippen LogP contribution in [-0.4, -0.2) is 36.8 Å². The average Bonchev–Trinajstić information content (AvgIpc) is 2.97. The van der Waals surface area contributed by atoms with Gasteiger partial charge in [-0.25, -0.2) is 0 Å². The van der Waals surface area contributed by atoms with Crippen molar-refractivity contribution in [2.75, 3.05) is 25.5 Å². The van der Waals surface area contributed by atoms with Gasteiger partial charge in [0.2, 0.25) is 0 Å². The highest BCUT2D eigenvalue weighted by Crippen LogP contribution is 2.33. The molecular weight excluding hydrogens is 290 g/mol. The van der Waals surface area contributed by atoms with Crippen molar-refractivity contribution in [3.63, 3.8) is 0 Å². The third kappa shape index (κ3) is 2.54. The van der Waals surface area contributed by atoms with Gasteiger partial charge in [0.1, 0.15) is 5.75 Å². The van der Waals surface area contributed by atoms with E-state index in [1.807, 2.05) is 48.5 Å². The number of likely N-dealkylation sites (N-methyl/N-ethyl adjacent to an activating group) is 1. The number of nitrogens with zero attached hydrogens (tertiary/aromatic N) is 2. The number of carbonyl (C=O) groups excluding carboxylic acids is 1. The number of carbonyl (C=O) groups is 1. The number of hydrazone groups is 1. The van der Waals surface area contributed by atoms with E-state index in [4.69, 9.17) is 4.74 Å². The molecule has 0 saturated heterocycles. The van der Waals surface area contributed by atoms with Crippen molar-refractivity contribution in [1.29, 1.82) is 0 Å². The van der Waals surface area contributed by atoms with Crippen LogP contribution in [-0.2, 0) is 4.79 Å². The van der Waals surface area contributed by atoms with E-state index >= 15 is 0 Å². The predicted octanol–water partition coefficient (Wildman–Crippen LogP) is 2.45. The second-order valence-electron chi connectivity index (χ2n) is 5.84. The number of ether oxygens (including phenoxy) is 1. The van der Waals surface area contributed by atoms with Gasteiger partial charge in [-0.1, -0.05) is 30.3 Å². The van der Waals surface area contributed by atoms with Crippen LogP contribution in [0.25, 0.3) is 0 Å². The summed E-state index contributed by atoms with van der Waals surface area (Å²) in [6, 6.07) is 16.2. The highest BCUT2D eigenvalue weighted by molar-refractivity contribution is 6.07. The van der Waals surface area contributed by atoms with E-state index in [1.165, 1.54) is 5.56 Å². The zero-order valence-electron chi connectivity index (χ0n) is 12.8. The molecule has 0 aromatic heterocycles. The zero-order chi connectivity index (χ0) is 15.8. The summed E-state index contributed by atoms with van der Waals surface area (Å²) in [6.45, 7) is 0.919. The predicted molar refractivity (Wildman–Crippen MR) is 88.9 cm³/mol. The summed E-state index contributed by atoms with van der Waals surface area (Å²) in [5, 5.41) is 9.50. The van der Waals surface area contributed by atoms with Gasteiger partial charge in [0.25, 0.3) is 5.91 Å². The maximum absolute atomic E-state index is 11.5. The quantitative estimate of drug-likeness (QED) is 0.927. The number of hydrogen-bond acceptors (Lipinski definition) is 4. The van der Waals surface area contributed by atoms with Crippen LogP contribution >= 0.6 is 0 Å². The molecule has 116 valence electrons. The van der Waals surface area contributed by atoms with Gasteiger partial charge >= 0.3 is 0 Å². The Hall–Kier alpha value is -2.82. The largest absolute Gasteiger partial charge is 0.482 e. The summed E-state index contributed by atoms with van der Waals surface area (Å²) in [4.78, 5) is 11.5. The number of amides is 1. The molecule has 4 rings (SSSR count). The van der Waals surface area contributed by atoms with Gasteiger partial charge in [-0.2, -0.15) is 5.10 Å². The smallest absolute Gasteiger partial charge is 0.262 e. The van der Waals surface area contributed by atoms with Gasteiger partial charge < -0.3 is 10.1 Å². The molecule has 0 radical (unpaired) electrons. The fourth-order valence-corrected chi connectivity index (χ4v) is 3.10. The molecule has 0 fully saturated rings. The molecule has 2 aliphatic rings. The second kappa shape index (κ2) is 5.43. The zero-order valence-corrected chi connectivity index (χ0v) is 12.8. The molecule has 1 unspecified atom stereocenters. The Bertz CT molecular complexity index is 786. The molecule has 0 aliphatic carbocycles. The first-order valence-electron chi connectivity index (χ1n) is 7.62. The molecule has 0 bridgehead atoms. The number of nitrogens with one attached hydrogen (secondary N) is 1. The Morgan fingerprint density at radius 1 is 1.22 bits per heavy atom. The Balaban J connectivity index is 1.72. The van der Waals surface area contributed by atoms with Crippen LogP contribution < -0.4 is 10.1 Å². The molecule has 2 aliphatic heterocycles. The van der Waals surface area contributed by atoms with Crippen molar-refractivity contribution in [1.82, 2.24) is 5.01 Å². The summed E-state index contributed by atoms with van der Waals surface area (Å²) in [5.41, 5.74) is 3.98. The van der Waals surface area contributed by atoms with Crippen molar-refractivity contribution in [3.8, 4) is 5.75 Å². The van der Waals surface area contributed by atoms with Crippen LogP contribution in [0.3, 0.4) is 0 Å². The molecule has 5 heteroatoms. The number of anilines is 1.